The minimum atomic E-state index is 1.07. The smallest absolute Gasteiger partial charge is 0.00793 e. The van der Waals surface area contributed by atoms with E-state index in [1.807, 2.05) is 0 Å². The van der Waals surface area contributed by atoms with Crippen LogP contribution in [-0.4, -0.2) is 0 Å². The van der Waals surface area contributed by atoms with Crippen molar-refractivity contribution in [3.05, 3.63) is 108 Å². The molecule has 0 aliphatic heterocycles. The molecule has 0 unspecified atom stereocenters. The SMILES string of the molecule is C=C(/C=C\C(=C/C)c1ccc(C)cc1)c1c(CCC)ccc2ccccc12. The van der Waals surface area contributed by atoms with Gasteiger partial charge in [0.15, 0.2) is 0 Å². The Kier molecular flexibility index (Phi) is 6.08. The van der Waals surface area contributed by atoms with Gasteiger partial charge in [0.1, 0.15) is 0 Å². The normalized spacial score (nSPS) is 12.0. The van der Waals surface area contributed by atoms with E-state index in [1.165, 1.54) is 38.6 Å². The number of rotatable bonds is 6. The van der Waals surface area contributed by atoms with E-state index >= 15 is 0 Å². The Balaban J connectivity index is 1.98. The molecule has 0 N–H and O–H groups in total. The van der Waals surface area contributed by atoms with Crippen molar-refractivity contribution in [1.29, 1.82) is 0 Å². The van der Waals surface area contributed by atoms with Gasteiger partial charge in [-0.3, -0.25) is 0 Å². The maximum absolute atomic E-state index is 4.42. The molecule has 3 rings (SSSR count). The van der Waals surface area contributed by atoms with Gasteiger partial charge in [-0.1, -0.05) is 104 Å². The molecule has 136 valence electrons. The standard InChI is InChI=1S/C27H28/c1-5-9-25-19-18-24-10-7-8-11-26(24)27(25)21(4)14-17-22(6-2)23-15-12-20(3)13-16-23/h6-8,10-19H,4-5,9H2,1-3H3/b17-14-,22-6+. The minimum absolute atomic E-state index is 1.07. The van der Waals surface area contributed by atoms with Crippen molar-refractivity contribution in [1.82, 2.24) is 0 Å². The van der Waals surface area contributed by atoms with Crippen molar-refractivity contribution in [3.8, 4) is 0 Å². The zero-order valence-corrected chi connectivity index (χ0v) is 16.6. The quantitative estimate of drug-likeness (QED) is 0.397. The Hall–Kier alpha value is -2.86. The van der Waals surface area contributed by atoms with Gasteiger partial charge in [-0.15, -0.1) is 0 Å². The molecular weight excluding hydrogens is 324 g/mol. The van der Waals surface area contributed by atoms with Crippen LogP contribution in [0.1, 0.15) is 42.5 Å². The number of benzene rings is 3. The largest absolute Gasteiger partial charge is 0.0911 e. The molecule has 3 aromatic carbocycles. The summed E-state index contributed by atoms with van der Waals surface area (Å²) in [6, 6.07) is 21.8. The molecule has 27 heavy (non-hydrogen) atoms. The van der Waals surface area contributed by atoms with Gasteiger partial charge in [0, 0.05) is 0 Å². The van der Waals surface area contributed by atoms with Crippen molar-refractivity contribution in [2.24, 2.45) is 0 Å². The fourth-order valence-electron chi connectivity index (χ4n) is 3.55. The van der Waals surface area contributed by atoms with Crippen LogP contribution in [0.4, 0.5) is 0 Å². The van der Waals surface area contributed by atoms with Gasteiger partial charge in [-0.05, 0) is 58.9 Å². The van der Waals surface area contributed by atoms with Crippen LogP contribution in [0.15, 0.2) is 85.5 Å². The monoisotopic (exact) mass is 352 g/mol. The van der Waals surface area contributed by atoms with Gasteiger partial charge >= 0.3 is 0 Å². The molecule has 0 bridgehead atoms. The minimum Gasteiger partial charge on any atom is -0.0911 e. The van der Waals surface area contributed by atoms with E-state index in [2.05, 4.69) is 106 Å². The van der Waals surface area contributed by atoms with Gasteiger partial charge in [-0.2, -0.15) is 0 Å². The highest BCUT2D eigenvalue weighted by Gasteiger charge is 2.09. The Morgan fingerprint density at radius 3 is 2.37 bits per heavy atom. The van der Waals surface area contributed by atoms with E-state index < -0.39 is 0 Å². The van der Waals surface area contributed by atoms with Gasteiger partial charge in [0.2, 0.25) is 0 Å². The topological polar surface area (TPSA) is 0 Å². The number of hydrogen-bond donors (Lipinski definition) is 0. The van der Waals surface area contributed by atoms with Crippen LogP contribution >= 0.6 is 0 Å². The van der Waals surface area contributed by atoms with E-state index in [1.54, 1.807) is 0 Å². The maximum Gasteiger partial charge on any atom is -0.00793 e. The summed E-state index contributed by atoms with van der Waals surface area (Å²) in [6.07, 6.45) is 8.71. The summed E-state index contributed by atoms with van der Waals surface area (Å²) in [6.45, 7) is 10.9. The lowest BCUT2D eigenvalue weighted by atomic mass is 9.91. The van der Waals surface area contributed by atoms with Crippen LogP contribution in [0.25, 0.3) is 21.9 Å². The van der Waals surface area contributed by atoms with Crippen LogP contribution in [0.3, 0.4) is 0 Å². The summed E-state index contributed by atoms with van der Waals surface area (Å²) in [5.41, 5.74) is 7.46. The fraction of sp³-hybridized carbons (Fsp3) is 0.185. The first-order chi connectivity index (χ1) is 13.1. The lowest BCUT2D eigenvalue weighted by Gasteiger charge is -2.13. The average Bonchev–Trinajstić information content (AvgIpc) is 2.69. The lowest BCUT2D eigenvalue weighted by molar-refractivity contribution is 0.921. The fourth-order valence-corrected chi connectivity index (χ4v) is 3.55. The molecule has 0 saturated carbocycles. The summed E-state index contributed by atoms with van der Waals surface area (Å²) in [5, 5.41) is 2.56. The van der Waals surface area contributed by atoms with Crippen LogP contribution in [0.5, 0.6) is 0 Å². The molecule has 3 aromatic rings. The van der Waals surface area contributed by atoms with Crippen LogP contribution in [0.2, 0.25) is 0 Å². The van der Waals surface area contributed by atoms with Gasteiger partial charge in [0.05, 0.1) is 0 Å². The van der Waals surface area contributed by atoms with Crippen molar-refractivity contribution in [2.75, 3.05) is 0 Å². The number of fused-ring (bicyclic) bond motifs is 1. The summed E-state index contributed by atoms with van der Waals surface area (Å²) >= 11 is 0. The molecule has 0 amide bonds. The third-order valence-corrected chi connectivity index (χ3v) is 5.02. The Morgan fingerprint density at radius 1 is 0.926 bits per heavy atom. The maximum atomic E-state index is 4.42. The summed E-state index contributed by atoms with van der Waals surface area (Å²) < 4.78 is 0. The average molecular weight is 353 g/mol. The van der Waals surface area contributed by atoms with Gasteiger partial charge < -0.3 is 0 Å². The van der Waals surface area contributed by atoms with Crippen molar-refractivity contribution < 1.29 is 0 Å². The Labute approximate surface area is 163 Å². The van der Waals surface area contributed by atoms with Crippen molar-refractivity contribution >= 4 is 21.9 Å². The van der Waals surface area contributed by atoms with E-state index in [-0.39, 0.29) is 0 Å². The number of allylic oxidation sites excluding steroid dienone is 5. The van der Waals surface area contributed by atoms with Crippen LogP contribution in [0, 0.1) is 6.92 Å². The predicted molar refractivity (Wildman–Crippen MR) is 121 cm³/mol. The predicted octanol–water partition coefficient (Wildman–Crippen LogP) is 7.77. The second kappa shape index (κ2) is 8.68. The molecule has 0 aliphatic rings. The van der Waals surface area contributed by atoms with Crippen LogP contribution in [-0.2, 0) is 6.42 Å². The number of hydrogen-bond acceptors (Lipinski definition) is 0. The molecule has 0 aromatic heterocycles. The lowest BCUT2D eigenvalue weighted by Crippen LogP contribution is -1.94. The highest BCUT2D eigenvalue weighted by atomic mass is 14.1. The molecule has 0 aliphatic carbocycles. The molecule has 0 fully saturated rings. The van der Waals surface area contributed by atoms with E-state index in [0.717, 1.165) is 18.4 Å². The molecule has 0 heterocycles. The third-order valence-electron chi connectivity index (χ3n) is 5.02. The van der Waals surface area contributed by atoms with Crippen LogP contribution < -0.4 is 0 Å². The number of aryl methyl sites for hydroxylation is 2. The van der Waals surface area contributed by atoms with Gasteiger partial charge in [0.25, 0.3) is 0 Å². The molecule has 0 nitrogen and oxygen atoms in total. The molecule has 0 heteroatoms. The first-order valence-corrected chi connectivity index (χ1v) is 9.75. The second-order valence-corrected chi connectivity index (χ2v) is 7.04. The third kappa shape index (κ3) is 4.28. The molecule has 0 spiro atoms. The Bertz CT molecular complexity index is 998. The van der Waals surface area contributed by atoms with Crippen molar-refractivity contribution in [2.45, 2.75) is 33.6 Å². The van der Waals surface area contributed by atoms with E-state index in [4.69, 9.17) is 0 Å². The molecular formula is C27H28. The highest BCUT2D eigenvalue weighted by molar-refractivity contribution is 5.97. The summed E-state index contributed by atoms with van der Waals surface area (Å²) in [7, 11) is 0. The van der Waals surface area contributed by atoms with E-state index in [9.17, 15) is 0 Å². The zero-order chi connectivity index (χ0) is 19.2. The van der Waals surface area contributed by atoms with E-state index in [0.29, 0.717) is 0 Å². The molecule has 0 atom stereocenters. The zero-order valence-electron chi connectivity index (χ0n) is 16.6. The molecule has 0 saturated heterocycles. The second-order valence-electron chi connectivity index (χ2n) is 7.04. The summed E-state index contributed by atoms with van der Waals surface area (Å²) in [5.74, 6) is 0. The Morgan fingerprint density at radius 2 is 1.67 bits per heavy atom. The highest BCUT2D eigenvalue weighted by Crippen LogP contribution is 2.30. The summed E-state index contributed by atoms with van der Waals surface area (Å²) in [4.78, 5) is 0. The van der Waals surface area contributed by atoms with Crippen molar-refractivity contribution in [3.63, 3.8) is 0 Å². The first-order valence-electron chi connectivity index (χ1n) is 9.75. The van der Waals surface area contributed by atoms with Gasteiger partial charge in [-0.25, -0.2) is 0 Å². The molecule has 0 radical (unpaired) electrons. The first kappa shape index (κ1) is 18.9.